The molecule has 34 heavy (non-hydrogen) atoms. The second-order valence-electron chi connectivity index (χ2n) is 7.49. The molecule has 0 aliphatic rings. The summed E-state index contributed by atoms with van der Waals surface area (Å²) in [4.78, 5) is 8.80. The molecule has 2 aromatic heterocycles. The molecule has 172 valence electrons. The van der Waals surface area contributed by atoms with E-state index in [4.69, 9.17) is 14.7 Å². The fourth-order valence-corrected chi connectivity index (χ4v) is 3.49. The van der Waals surface area contributed by atoms with Gasteiger partial charge in [0.05, 0.1) is 30.3 Å². The van der Waals surface area contributed by atoms with Crippen molar-refractivity contribution >= 4 is 23.2 Å². The number of benzene rings is 2. The fourth-order valence-electron chi connectivity index (χ4n) is 3.49. The number of unbranched alkanes of at least 4 members (excludes halogenated alkanes) is 1. The molecule has 2 heterocycles. The van der Waals surface area contributed by atoms with Crippen LogP contribution in [0.25, 0.3) is 29.0 Å². The summed E-state index contributed by atoms with van der Waals surface area (Å²) in [6.45, 7) is 2.63. The minimum Gasteiger partial charge on any atom is -0.493 e. The number of halogens is 2. The van der Waals surface area contributed by atoms with E-state index in [1.807, 2.05) is 24.3 Å². The number of para-hydroxylation sites is 1. The lowest BCUT2D eigenvalue weighted by atomic mass is 10.1. The van der Waals surface area contributed by atoms with Gasteiger partial charge in [-0.05, 0) is 36.8 Å². The molecule has 0 bridgehead atoms. The summed E-state index contributed by atoms with van der Waals surface area (Å²) in [6, 6.07) is 12.9. The zero-order valence-corrected chi connectivity index (χ0v) is 18.8. The Morgan fingerprint density at radius 2 is 1.94 bits per heavy atom. The maximum absolute atomic E-state index is 14.1. The standard InChI is InChI=1S/C26H22F2N4O2/c1-3-4-12-34-26-18(6-5-7-23(26)33-2)9-11-25-31-21-13-19(27)20(28)14-22(21)32(25)24-10-8-17(15-29)16-30-24/h5-11,13-14,16H,3-4,12H2,1-2H3/b11-9+. The van der Waals surface area contributed by atoms with Gasteiger partial charge in [0.2, 0.25) is 0 Å². The third-order valence-corrected chi connectivity index (χ3v) is 5.21. The van der Waals surface area contributed by atoms with E-state index in [1.54, 1.807) is 36.0 Å². The third-order valence-electron chi connectivity index (χ3n) is 5.21. The number of ether oxygens (including phenoxy) is 2. The van der Waals surface area contributed by atoms with Gasteiger partial charge < -0.3 is 9.47 Å². The molecular formula is C26H22F2N4O2. The number of hydrogen-bond donors (Lipinski definition) is 0. The van der Waals surface area contributed by atoms with Gasteiger partial charge in [0.15, 0.2) is 23.1 Å². The first-order chi connectivity index (χ1) is 16.5. The molecule has 0 saturated carbocycles. The lowest BCUT2D eigenvalue weighted by Crippen LogP contribution is -2.01. The van der Waals surface area contributed by atoms with Crippen molar-refractivity contribution in [1.82, 2.24) is 14.5 Å². The van der Waals surface area contributed by atoms with Crippen molar-refractivity contribution in [3.63, 3.8) is 0 Å². The number of pyridine rings is 1. The van der Waals surface area contributed by atoms with E-state index in [0.29, 0.717) is 40.8 Å². The smallest absolute Gasteiger partial charge is 0.168 e. The van der Waals surface area contributed by atoms with E-state index in [2.05, 4.69) is 16.9 Å². The van der Waals surface area contributed by atoms with Crippen LogP contribution in [0.5, 0.6) is 11.5 Å². The molecule has 0 unspecified atom stereocenters. The van der Waals surface area contributed by atoms with Gasteiger partial charge in [-0.1, -0.05) is 25.5 Å². The number of nitriles is 1. The van der Waals surface area contributed by atoms with E-state index in [-0.39, 0.29) is 5.52 Å². The van der Waals surface area contributed by atoms with Crippen LogP contribution in [0.4, 0.5) is 8.78 Å². The Kier molecular flexibility index (Phi) is 6.83. The minimum atomic E-state index is -0.989. The van der Waals surface area contributed by atoms with E-state index in [1.165, 1.54) is 6.20 Å². The van der Waals surface area contributed by atoms with Crippen LogP contribution in [0.1, 0.15) is 36.7 Å². The highest BCUT2D eigenvalue weighted by Gasteiger charge is 2.16. The van der Waals surface area contributed by atoms with Gasteiger partial charge in [-0.15, -0.1) is 0 Å². The second kappa shape index (κ2) is 10.1. The van der Waals surface area contributed by atoms with Gasteiger partial charge in [-0.25, -0.2) is 18.7 Å². The van der Waals surface area contributed by atoms with Gasteiger partial charge in [0.25, 0.3) is 0 Å². The molecule has 4 aromatic rings. The zero-order chi connectivity index (χ0) is 24.1. The maximum Gasteiger partial charge on any atom is 0.168 e. The number of fused-ring (bicyclic) bond motifs is 1. The molecule has 0 atom stereocenters. The molecule has 0 saturated heterocycles. The zero-order valence-electron chi connectivity index (χ0n) is 18.8. The third kappa shape index (κ3) is 4.59. The van der Waals surface area contributed by atoms with Crippen molar-refractivity contribution in [2.24, 2.45) is 0 Å². The first-order valence-corrected chi connectivity index (χ1v) is 10.8. The topological polar surface area (TPSA) is 73.0 Å². The van der Waals surface area contributed by atoms with Crippen molar-refractivity contribution in [3.8, 4) is 23.4 Å². The maximum atomic E-state index is 14.1. The van der Waals surface area contributed by atoms with Gasteiger partial charge in [-0.3, -0.25) is 4.57 Å². The molecule has 0 N–H and O–H groups in total. The molecule has 6 nitrogen and oxygen atoms in total. The SMILES string of the molecule is CCCCOc1c(/C=C/c2nc3cc(F)c(F)cc3n2-c2ccc(C#N)cn2)cccc1OC. The molecule has 8 heteroatoms. The van der Waals surface area contributed by atoms with E-state index in [0.717, 1.165) is 30.5 Å². The predicted octanol–water partition coefficient (Wildman–Crippen LogP) is 5.93. The van der Waals surface area contributed by atoms with Gasteiger partial charge in [-0.2, -0.15) is 5.26 Å². The first kappa shape index (κ1) is 22.9. The monoisotopic (exact) mass is 460 g/mol. The van der Waals surface area contributed by atoms with Crippen LogP contribution in [-0.2, 0) is 0 Å². The van der Waals surface area contributed by atoms with Crippen molar-refractivity contribution in [2.75, 3.05) is 13.7 Å². The molecule has 4 rings (SSSR count). The molecule has 0 aliphatic carbocycles. The van der Waals surface area contributed by atoms with Crippen molar-refractivity contribution in [2.45, 2.75) is 19.8 Å². The lowest BCUT2D eigenvalue weighted by molar-refractivity contribution is 0.287. The Balaban J connectivity index is 1.83. The second-order valence-corrected chi connectivity index (χ2v) is 7.49. The number of nitrogens with zero attached hydrogens (tertiary/aromatic N) is 4. The molecule has 0 spiro atoms. The Hall–Kier alpha value is -4.25. The van der Waals surface area contributed by atoms with Crippen LogP contribution < -0.4 is 9.47 Å². The van der Waals surface area contributed by atoms with Crippen LogP contribution in [-0.4, -0.2) is 28.3 Å². The van der Waals surface area contributed by atoms with Crippen molar-refractivity contribution in [3.05, 3.63) is 77.2 Å². The average molecular weight is 460 g/mol. The Morgan fingerprint density at radius 1 is 1.12 bits per heavy atom. The average Bonchev–Trinajstić information content (AvgIpc) is 3.20. The summed E-state index contributed by atoms with van der Waals surface area (Å²) < 4.78 is 41.0. The van der Waals surface area contributed by atoms with Gasteiger partial charge in [0, 0.05) is 23.9 Å². The van der Waals surface area contributed by atoms with Gasteiger partial charge >= 0.3 is 0 Å². The molecular weight excluding hydrogens is 438 g/mol. The highest BCUT2D eigenvalue weighted by molar-refractivity contribution is 5.82. The molecule has 0 amide bonds. The number of hydrogen-bond acceptors (Lipinski definition) is 5. The Morgan fingerprint density at radius 3 is 2.65 bits per heavy atom. The van der Waals surface area contributed by atoms with Crippen LogP contribution in [0.3, 0.4) is 0 Å². The first-order valence-electron chi connectivity index (χ1n) is 10.8. The predicted molar refractivity (Wildman–Crippen MR) is 126 cm³/mol. The summed E-state index contributed by atoms with van der Waals surface area (Å²) in [6.07, 6.45) is 6.83. The largest absolute Gasteiger partial charge is 0.493 e. The molecule has 0 aliphatic heterocycles. The van der Waals surface area contributed by atoms with Gasteiger partial charge in [0.1, 0.15) is 17.7 Å². The highest BCUT2D eigenvalue weighted by Crippen LogP contribution is 2.33. The molecule has 0 fully saturated rings. The van der Waals surface area contributed by atoms with Crippen LogP contribution >= 0.6 is 0 Å². The summed E-state index contributed by atoms with van der Waals surface area (Å²) in [5, 5.41) is 9.08. The van der Waals surface area contributed by atoms with E-state index in [9.17, 15) is 8.78 Å². The highest BCUT2D eigenvalue weighted by atomic mass is 19.2. The van der Waals surface area contributed by atoms with Crippen LogP contribution in [0.15, 0.2) is 48.7 Å². The Labute approximate surface area is 195 Å². The summed E-state index contributed by atoms with van der Waals surface area (Å²) in [5.41, 5.74) is 1.77. The molecule has 0 radical (unpaired) electrons. The number of aromatic nitrogens is 3. The Bertz CT molecular complexity index is 1390. The molecule has 2 aromatic carbocycles. The minimum absolute atomic E-state index is 0.273. The number of rotatable bonds is 8. The summed E-state index contributed by atoms with van der Waals surface area (Å²) >= 11 is 0. The summed E-state index contributed by atoms with van der Waals surface area (Å²) in [5.74, 6) is 0.0458. The van der Waals surface area contributed by atoms with Crippen LogP contribution in [0.2, 0.25) is 0 Å². The fraction of sp³-hybridized carbons (Fsp3) is 0.192. The quantitative estimate of drug-likeness (QED) is 0.305. The van der Waals surface area contributed by atoms with Crippen molar-refractivity contribution < 1.29 is 18.3 Å². The lowest BCUT2D eigenvalue weighted by Gasteiger charge is -2.13. The number of imidazole rings is 1. The van der Waals surface area contributed by atoms with Crippen molar-refractivity contribution in [1.29, 1.82) is 5.26 Å². The van der Waals surface area contributed by atoms with Crippen LogP contribution in [0, 0.1) is 23.0 Å². The van der Waals surface area contributed by atoms with E-state index < -0.39 is 11.6 Å². The summed E-state index contributed by atoms with van der Waals surface area (Å²) in [7, 11) is 1.58. The normalized spacial score (nSPS) is 11.1. The number of methoxy groups -OCH3 is 1. The van der Waals surface area contributed by atoms with E-state index >= 15 is 0 Å².